The van der Waals surface area contributed by atoms with Gasteiger partial charge in [0.1, 0.15) is 11.1 Å². The highest BCUT2D eigenvalue weighted by atomic mass is 79.9. The molecule has 2 atom stereocenters. The molecule has 1 saturated carbocycles. The van der Waals surface area contributed by atoms with Gasteiger partial charge < -0.3 is 0 Å². The molecule has 0 amide bonds. The van der Waals surface area contributed by atoms with E-state index in [4.69, 9.17) is 0 Å². The predicted octanol–water partition coefficient (Wildman–Crippen LogP) is 4.81. The third kappa shape index (κ3) is 2.95. The third-order valence-corrected chi connectivity index (χ3v) is 5.43. The van der Waals surface area contributed by atoms with Gasteiger partial charge in [-0.25, -0.2) is 13.9 Å². The first-order valence-corrected chi connectivity index (χ1v) is 9.31. The van der Waals surface area contributed by atoms with Crippen molar-refractivity contribution in [1.29, 1.82) is 0 Å². The quantitative estimate of drug-likeness (QED) is 0.330. The van der Waals surface area contributed by atoms with Crippen LogP contribution in [-0.2, 0) is 6.54 Å². The molecule has 1 aliphatic rings. The molecule has 0 bridgehead atoms. The number of rotatable bonds is 3. The van der Waals surface area contributed by atoms with Crippen molar-refractivity contribution in [3.8, 4) is 0 Å². The van der Waals surface area contributed by atoms with Crippen LogP contribution in [0, 0.1) is 5.82 Å². The topological polar surface area (TPSA) is 48.0 Å². The summed E-state index contributed by atoms with van der Waals surface area (Å²) in [5.74, 6) is -0.307. The molecule has 28 heavy (non-hydrogen) atoms. The van der Waals surface area contributed by atoms with Gasteiger partial charge in [0.15, 0.2) is 11.5 Å². The van der Waals surface area contributed by atoms with E-state index >= 15 is 0 Å². The molecular weight excluding hydrogens is 442 g/mol. The largest absolute Gasteiger partial charge is 0.408 e. The number of benzene rings is 1. The molecular formula is C18H12BrF4N5. The monoisotopic (exact) mass is 453 g/mol. The highest BCUT2D eigenvalue weighted by Crippen LogP contribution is 2.55. The zero-order chi connectivity index (χ0) is 19.6. The minimum absolute atomic E-state index is 0.0811. The molecule has 4 aromatic rings. The fourth-order valence-corrected chi connectivity index (χ4v) is 4.10. The van der Waals surface area contributed by atoms with Crippen molar-refractivity contribution in [1.82, 2.24) is 24.4 Å². The van der Waals surface area contributed by atoms with Gasteiger partial charge in [0.05, 0.1) is 23.6 Å². The maximum Gasteiger partial charge on any atom is 0.408 e. The molecule has 5 rings (SSSR count). The van der Waals surface area contributed by atoms with Crippen molar-refractivity contribution < 1.29 is 17.6 Å². The van der Waals surface area contributed by atoms with Crippen molar-refractivity contribution in [3.05, 3.63) is 58.3 Å². The van der Waals surface area contributed by atoms with Crippen molar-refractivity contribution in [3.63, 3.8) is 0 Å². The van der Waals surface area contributed by atoms with E-state index in [1.807, 2.05) is 6.07 Å². The van der Waals surface area contributed by atoms with Gasteiger partial charge in [-0.15, -0.1) is 0 Å². The fraction of sp³-hybridized carbons (Fsp3) is 0.278. The second kappa shape index (κ2) is 6.00. The average Bonchev–Trinajstić information content (AvgIpc) is 3.22. The van der Waals surface area contributed by atoms with E-state index in [1.165, 1.54) is 10.7 Å². The van der Waals surface area contributed by atoms with Crippen LogP contribution in [-0.4, -0.2) is 30.6 Å². The van der Waals surface area contributed by atoms with Crippen molar-refractivity contribution in [2.45, 2.75) is 31.0 Å². The number of hydrogen-bond donors (Lipinski definition) is 0. The summed E-state index contributed by atoms with van der Waals surface area (Å²) in [5.41, 5.74) is 2.34. The lowest BCUT2D eigenvalue weighted by atomic mass is 10.1. The van der Waals surface area contributed by atoms with Gasteiger partial charge in [-0.05, 0) is 46.0 Å². The molecule has 0 radical (unpaired) electrons. The van der Waals surface area contributed by atoms with Crippen LogP contribution in [0.1, 0.15) is 29.5 Å². The summed E-state index contributed by atoms with van der Waals surface area (Å²) < 4.78 is 55.2. The molecule has 10 heteroatoms. The molecule has 5 nitrogen and oxygen atoms in total. The molecule has 0 saturated heterocycles. The highest BCUT2D eigenvalue weighted by molar-refractivity contribution is 9.10. The van der Waals surface area contributed by atoms with Crippen LogP contribution in [0.5, 0.6) is 0 Å². The molecule has 1 aliphatic carbocycles. The molecule has 3 heterocycles. The fourth-order valence-electron chi connectivity index (χ4n) is 3.70. The van der Waals surface area contributed by atoms with Gasteiger partial charge in [0.2, 0.25) is 0 Å². The van der Waals surface area contributed by atoms with E-state index in [1.54, 1.807) is 18.2 Å². The Hall–Kier alpha value is -2.49. The number of nitrogens with zero attached hydrogens (tertiary/aromatic N) is 5. The zero-order valence-corrected chi connectivity index (χ0v) is 15.7. The lowest BCUT2D eigenvalue weighted by Gasteiger charge is -2.09. The third-order valence-electron chi connectivity index (χ3n) is 5.02. The summed E-state index contributed by atoms with van der Waals surface area (Å²) in [6.45, 7) is -1.13. The van der Waals surface area contributed by atoms with Gasteiger partial charge in [0.25, 0.3) is 0 Å². The summed E-state index contributed by atoms with van der Waals surface area (Å²) >= 11 is 3.30. The number of halogens is 5. The van der Waals surface area contributed by atoms with Gasteiger partial charge in [-0.3, -0.25) is 4.68 Å². The minimum Gasteiger partial charge on any atom is -0.256 e. The van der Waals surface area contributed by atoms with E-state index in [0.29, 0.717) is 15.5 Å². The van der Waals surface area contributed by atoms with Crippen LogP contribution in [0.15, 0.2) is 41.3 Å². The first kappa shape index (κ1) is 17.6. The number of alkyl halides is 3. The van der Waals surface area contributed by atoms with E-state index < -0.39 is 18.5 Å². The normalized spacial score (nSPS) is 19.6. The standard InChI is InChI=1S/C18H12BrF4N5/c19-16-5-15(28-17(26-16)13(20)7-25-28)12-4-11(12)9-1-2-10-6-24-27(14(10)3-9)8-18(21,22)23/h1-3,5-7,11-12H,4,8H2/t11-,12+/m1/s1. The Kier molecular flexibility index (Phi) is 3.77. The summed E-state index contributed by atoms with van der Waals surface area (Å²) in [7, 11) is 0. The maximum absolute atomic E-state index is 13.9. The number of hydrogen-bond acceptors (Lipinski definition) is 3. The second-order valence-electron chi connectivity index (χ2n) is 6.92. The second-order valence-corrected chi connectivity index (χ2v) is 7.73. The summed E-state index contributed by atoms with van der Waals surface area (Å²) in [4.78, 5) is 4.11. The average molecular weight is 454 g/mol. The Balaban J connectivity index is 1.51. The molecule has 144 valence electrons. The Labute approximate surface area is 164 Å². The van der Waals surface area contributed by atoms with Crippen molar-refractivity contribution in [2.75, 3.05) is 0 Å². The van der Waals surface area contributed by atoms with Gasteiger partial charge in [-0.2, -0.15) is 23.4 Å². The Morgan fingerprint density at radius 2 is 1.93 bits per heavy atom. The predicted molar refractivity (Wildman–Crippen MR) is 96.5 cm³/mol. The Morgan fingerprint density at radius 1 is 1.11 bits per heavy atom. The molecule has 0 spiro atoms. The van der Waals surface area contributed by atoms with E-state index in [9.17, 15) is 17.6 Å². The summed E-state index contributed by atoms with van der Waals surface area (Å²) in [6.07, 6.45) is -0.981. The number of aromatic nitrogens is 5. The molecule has 1 aromatic carbocycles. The molecule has 0 aliphatic heterocycles. The zero-order valence-electron chi connectivity index (χ0n) is 14.2. The summed E-state index contributed by atoms with van der Waals surface area (Å²) in [6, 6.07) is 7.25. The SMILES string of the molecule is Fc1cnn2c([C@H]3C[C@@H]3c3ccc4cnn(CC(F)(F)F)c4c3)cc(Br)nc12. The van der Waals surface area contributed by atoms with Gasteiger partial charge in [-0.1, -0.05) is 12.1 Å². The van der Waals surface area contributed by atoms with E-state index in [0.717, 1.165) is 28.6 Å². The maximum atomic E-state index is 13.9. The summed E-state index contributed by atoms with van der Waals surface area (Å²) in [5, 5.41) is 8.58. The lowest BCUT2D eigenvalue weighted by Crippen LogP contribution is -2.18. The van der Waals surface area contributed by atoms with Crippen LogP contribution < -0.4 is 0 Å². The van der Waals surface area contributed by atoms with E-state index in [-0.39, 0.29) is 17.5 Å². The molecule has 1 fully saturated rings. The minimum atomic E-state index is -4.34. The Bertz CT molecular complexity index is 1210. The van der Waals surface area contributed by atoms with Crippen LogP contribution >= 0.6 is 15.9 Å². The Morgan fingerprint density at radius 3 is 2.71 bits per heavy atom. The smallest absolute Gasteiger partial charge is 0.256 e. The highest BCUT2D eigenvalue weighted by Gasteiger charge is 2.42. The van der Waals surface area contributed by atoms with Gasteiger partial charge in [0, 0.05) is 11.3 Å². The lowest BCUT2D eigenvalue weighted by molar-refractivity contribution is -0.141. The van der Waals surface area contributed by atoms with Gasteiger partial charge >= 0.3 is 6.18 Å². The molecule has 0 N–H and O–H groups in total. The molecule has 3 aromatic heterocycles. The first-order valence-electron chi connectivity index (χ1n) is 8.52. The van der Waals surface area contributed by atoms with Crippen LogP contribution in [0.3, 0.4) is 0 Å². The van der Waals surface area contributed by atoms with Crippen LogP contribution in [0.2, 0.25) is 0 Å². The van der Waals surface area contributed by atoms with Crippen molar-refractivity contribution >= 4 is 32.5 Å². The van der Waals surface area contributed by atoms with Crippen molar-refractivity contribution in [2.24, 2.45) is 0 Å². The number of fused-ring (bicyclic) bond motifs is 2. The van der Waals surface area contributed by atoms with Crippen LogP contribution in [0.4, 0.5) is 17.6 Å². The molecule has 0 unspecified atom stereocenters. The van der Waals surface area contributed by atoms with E-state index in [2.05, 4.69) is 31.1 Å². The first-order chi connectivity index (χ1) is 13.3. The van der Waals surface area contributed by atoms with Crippen LogP contribution in [0.25, 0.3) is 16.6 Å².